The molecule has 0 saturated carbocycles. The topological polar surface area (TPSA) is 58.6 Å². The highest BCUT2D eigenvalue weighted by Crippen LogP contribution is 2.28. The Morgan fingerprint density at radius 1 is 0.818 bits per heavy atom. The SMILES string of the molecule is CCOc1cccc(C(=O)Nc2ccc(C(=O)N(CC)c3cccc4ccccc34)cc2)c1. The number of anilines is 2. The minimum Gasteiger partial charge on any atom is -0.494 e. The number of amides is 2. The van der Waals surface area contributed by atoms with E-state index in [1.165, 1.54) is 0 Å². The standard InChI is InChI=1S/C28H26N2O3/c1-3-30(26-14-8-10-20-9-5-6-13-25(20)26)28(32)21-15-17-23(18-16-21)29-27(31)22-11-7-12-24(19-22)33-4-2/h5-19H,3-4H2,1-2H3,(H,29,31). The molecule has 0 aliphatic rings. The molecule has 33 heavy (non-hydrogen) atoms. The summed E-state index contributed by atoms with van der Waals surface area (Å²) >= 11 is 0. The van der Waals surface area contributed by atoms with E-state index in [-0.39, 0.29) is 11.8 Å². The predicted octanol–water partition coefficient (Wildman–Crippen LogP) is 6.16. The van der Waals surface area contributed by atoms with Gasteiger partial charge >= 0.3 is 0 Å². The summed E-state index contributed by atoms with van der Waals surface area (Å²) in [5, 5.41) is 5.00. The van der Waals surface area contributed by atoms with Crippen molar-refractivity contribution in [2.75, 3.05) is 23.4 Å². The van der Waals surface area contributed by atoms with E-state index in [1.807, 2.05) is 62.4 Å². The van der Waals surface area contributed by atoms with Gasteiger partial charge in [-0.3, -0.25) is 9.59 Å². The molecule has 0 spiro atoms. The highest BCUT2D eigenvalue weighted by molar-refractivity contribution is 6.11. The summed E-state index contributed by atoms with van der Waals surface area (Å²) in [6.45, 7) is 4.94. The van der Waals surface area contributed by atoms with Gasteiger partial charge in [-0.15, -0.1) is 0 Å². The number of rotatable bonds is 7. The Balaban J connectivity index is 1.52. The first-order valence-electron chi connectivity index (χ1n) is 11.0. The molecule has 5 heteroatoms. The van der Waals surface area contributed by atoms with Crippen molar-refractivity contribution in [2.45, 2.75) is 13.8 Å². The molecule has 0 aromatic heterocycles. The van der Waals surface area contributed by atoms with E-state index in [1.54, 1.807) is 47.4 Å². The maximum absolute atomic E-state index is 13.3. The number of nitrogens with zero attached hydrogens (tertiary/aromatic N) is 1. The molecule has 0 radical (unpaired) electrons. The van der Waals surface area contributed by atoms with Gasteiger partial charge in [-0.25, -0.2) is 0 Å². The van der Waals surface area contributed by atoms with Gasteiger partial charge in [0.25, 0.3) is 11.8 Å². The van der Waals surface area contributed by atoms with Gasteiger partial charge in [-0.05, 0) is 67.8 Å². The maximum Gasteiger partial charge on any atom is 0.258 e. The second-order valence-electron chi connectivity index (χ2n) is 7.54. The molecule has 5 nitrogen and oxygen atoms in total. The highest BCUT2D eigenvalue weighted by atomic mass is 16.5. The lowest BCUT2D eigenvalue weighted by Crippen LogP contribution is -2.30. The van der Waals surface area contributed by atoms with Crippen LogP contribution in [0.15, 0.2) is 91.0 Å². The van der Waals surface area contributed by atoms with Crippen LogP contribution < -0.4 is 15.0 Å². The number of ether oxygens (including phenoxy) is 1. The number of benzene rings is 4. The van der Waals surface area contributed by atoms with E-state index < -0.39 is 0 Å². The Labute approximate surface area is 193 Å². The average molecular weight is 439 g/mol. The lowest BCUT2D eigenvalue weighted by molar-refractivity contribution is 0.0987. The van der Waals surface area contributed by atoms with E-state index in [0.717, 1.165) is 16.5 Å². The molecule has 0 saturated heterocycles. The molecule has 0 aliphatic carbocycles. The third-order valence-corrected chi connectivity index (χ3v) is 5.42. The lowest BCUT2D eigenvalue weighted by Gasteiger charge is -2.23. The molecule has 0 atom stereocenters. The molecule has 0 aliphatic heterocycles. The third-order valence-electron chi connectivity index (χ3n) is 5.42. The monoisotopic (exact) mass is 438 g/mol. The van der Waals surface area contributed by atoms with E-state index in [9.17, 15) is 9.59 Å². The van der Waals surface area contributed by atoms with Crippen LogP contribution in [-0.2, 0) is 0 Å². The van der Waals surface area contributed by atoms with Crippen LogP contribution >= 0.6 is 0 Å². The Kier molecular flexibility index (Phi) is 6.69. The van der Waals surface area contributed by atoms with Crippen molar-refractivity contribution < 1.29 is 14.3 Å². The van der Waals surface area contributed by atoms with Gasteiger partial charge in [0.15, 0.2) is 0 Å². The second kappa shape index (κ2) is 10.0. The Morgan fingerprint density at radius 3 is 2.30 bits per heavy atom. The van der Waals surface area contributed by atoms with Gasteiger partial charge in [0.1, 0.15) is 5.75 Å². The highest BCUT2D eigenvalue weighted by Gasteiger charge is 2.18. The number of nitrogens with one attached hydrogen (secondary N) is 1. The van der Waals surface area contributed by atoms with Gasteiger partial charge in [-0.2, -0.15) is 0 Å². The lowest BCUT2D eigenvalue weighted by atomic mass is 10.1. The minimum absolute atomic E-state index is 0.0869. The van der Waals surface area contributed by atoms with Gasteiger partial charge in [0.2, 0.25) is 0 Å². The van der Waals surface area contributed by atoms with Crippen LogP contribution in [0.3, 0.4) is 0 Å². The van der Waals surface area contributed by atoms with Crippen LogP contribution in [0.5, 0.6) is 5.75 Å². The van der Waals surface area contributed by atoms with Crippen molar-refractivity contribution >= 4 is 34.0 Å². The van der Waals surface area contributed by atoms with Gasteiger partial charge in [0.05, 0.1) is 12.3 Å². The molecule has 1 N–H and O–H groups in total. The molecule has 0 fully saturated rings. The average Bonchev–Trinajstić information content (AvgIpc) is 2.85. The van der Waals surface area contributed by atoms with Gasteiger partial charge in [0, 0.05) is 28.7 Å². The summed E-state index contributed by atoms with van der Waals surface area (Å²) in [4.78, 5) is 27.7. The largest absolute Gasteiger partial charge is 0.494 e. The summed E-state index contributed by atoms with van der Waals surface area (Å²) < 4.78 is 5.46. The Morgan fingerprint density at radius 2 is 1.55 bits per heavy atom. The normalized spacial score (nSPS) is 10.6. The first-order valence-corrected chi connectivity index (χ1v) is 11.0. The van der Waals surface area contributed by atoms with E-state index in [0.29, 0.717) is 35.7 Å². The molecule has 166 valence electrons. The number of hydrogen-bond donors (Lipinski definition) is 1. The summed E-state index contributed by atoms with van der Waals surface area (Å²) in [5.41, 5.74) is 2.56. The Hall–Kier alpha value is -4.12. The van der Waals surface area contributed by atoms with E-state index in [4.69, 9.17) is 4.74 Å². The molecule has 4 aromatic rings. The van der Waals surface area contributed by atoms with Crippen molar-refractivity contribution in [1.82, 2.24) is 0 Å². The Bertz CT molecular complexity index is 1280. The summed E-state index contributed by atoms with van der Waals surface area (Å²) in [5.74, 6) is 0.330. The third kappa shape index (κ3) is 4.88. The smallest absolute Gasteiger partial charge is 0.258 e. The molecule has 0 unspecified atom stereocenters. The molecular formula is C28H26N2O3. The van der Waals surface area contributed by atoms with Gasteiger partial charge in [-0.1, -0.05) is 42.5 Å². The van der Waals surface area contributed by atoms with Crippen LogP contribution in [0, 0.1) is 0 Å². The summed E-state index contributed by atoms with van der Waals surface area (Å²) in [6.07, 6.45) is 0. The fraction of sp³-hybridized carbons (Fsp3) is 0.143. The first kappa shape index (κ1) is 22.1. The van der Waals surface area contributed by atoms with E-state index >= 15 is 0 Å². The van der Waals surface area contributed by atoms with Crippen LogP contribution in [0.25, 0.3) is 10.8 Å². The maximum atomic E-state index is 13.3. The molecule has 0 bridgehead atoms. The second-order valence-corrected chi connectivity index (χ2v) is 7.54. The number of fused-ring (bicyclic) bond motifs is 1. The van der Waals surface area contributed by atoms with Gasteiger partial charge < -0.3 is 15.0 Å². The molecule has 0 heterocycles. The fourth-order valence-electron chi connectivity index (χ4n) is 3.82. The zero-order valence-electron chi connectivity index (χ0n) is 18.7. The molecule has 2 amide bonds. The van der Waals surface area contributed by atoms with Crippen molar-refractivity contribution in [3.05, 3.63) is 102 Å². The molecule has 4 rings (SSSR count). The quantitative estimate of drug-likeness (QED) is 0.376. The number of carbonyl (C=O) groups excluding carboxylic acids is 2. The zero-order chi connectivity index (χ0) is 23.2. The molecular weight excluding hydrogens is 412 g/mol. The van der Waals surface area contributed by atoms with Crippen molar-refractivity contribution in [3.63, 3.8) is 0 Å². The van der Waals surface area contributed by atoms with Crippen molar-refractivity contribution in [1.29, 1.82) is 0 Å². The van der Waals surface area contributed by atoms with Crippen LogP contribution in [-0.4, -0.2) is 25.0 Å². The summed E-state index contributed by atoms with van der Waals surface area (Å²) in [7, 11) is 0. The van der Waals surface area contributed by atoms with Crippen molar-refractivity contribution in [2.24, 2.45) is 0 Å². The van der Waals surface area contributed by atoms with Crippen molar-refractivity contribution in [3.8, 4) is 5.75 Å². The van der Waals surface area contributed by atoms with Crippen LogP contribution in [0.2, 0.25) is 0 Å². The zero-order valence-corrected chi connectivity index (χ0v) is 18.7. The number of carbonyl (C=O) groups is 2. The van der Waals surface area contributed by atoms with Crippen LogP contribution in [0.4, 0.5) is 11.4 Å². The fourth-order valence-corrected chi connectivity index (χ4v) is 3.82. The predicted molar refractivity (Wildman–Crippen MR) is 133 cm³/mol. The first-order chi connectivity index (χ1) is 16.1. The van der Waals surface area contributed by atoms with Crippen LogP contribution in [0.1, 0.15) is 34.6 Å². The van der Waals surface area contributed by atoms with E-state index in [2.05, 4.69) is 5.32 Å². The summed E-state index contributed by atoms with van der Waals surface area (Å²) in [6, 6.07) is 28.0. The number of hydrogen-bond acceptors (Lipinski definition) is 3. The minimum atomic E-state index is -0.235. The molecule has 4 aromatic carbocycles.